The molecule has 0 saturated carbocycles. The number of aromatic nitrogens is 2. The second kappa shape index (κ2) is 8.70. The fourth-order valence-corrected chi connectivity index (χ4v) is 3.74. The van der Waals surface area contributed by atoms with Gasteiger partial charge in [0.05, 0.1) is 12.1 Å². The van der Waals surface area contributed by atoms with Gasteiger partial charge < -0.3 is 15.8 Å². The molecule has 9 heteroatoms. The first-order valence-corrected chi connectivity index (χ1v) is 9.65. The monoisotopic (exact) mass is 412 g/mol. The minimum absolute atomic E-state index is 0.0448. The number of hydrogen-bond acceptors (Lipinski definition) is 6. The number of aryl methyl sites for hydroxylation is 1. The lowest BCUT2D eigenvalue weighted by molar-refractivity contribution is 0.100. The summed E-state index contributed by atoms with van der Waals surface area (Å²) in [5.41, 5.74) is 6.14. The van der Waals surface area contributed by atoms with Crippen LogP contribution in [0.4, 0.5) is 5.00 Å². The highest BCUT2D eigenvalue weighted by Crippen LogP contribution is 2.32. The van der Waals surface area contributed by atoms with Crippen LogP contribution < -0.4 is 21.3 Å². The lowest BCUT2D eigenvalue weighted by Gasteiger charge is -2.09. The molecule has 3 N–H and O–H groups in total. The van der Waals surface area contributed by atoms with Crippen LogP contribution in [0.25, 0.3) is 0 Å². The van der Waals surface area contributed by atoms with Crippen LogP contribution in [0, 0.1) is 13.8 Å². The number of thiophene rings is 1. The lowest BCUT2D eigenvalue weighted by Crippen LogP contribution is -2.28. The molecular formula is C20H20N4O4S. The van der Waals surface area contributed by atoms with E-state index >= 15 is 0 Å². The SMILES string of the molecule is Cc1sc(NC(=O)c2ccc(=O)n(CCOc3ccccc3)n2)c(C(N)=O)c1C. The van der Waals surface area contributed by atoms with Crippen molar-refractivity contribution in [2.24, 2.45) is 5.73 Å². The number of nitrogens with zero attached hydrogens (tertiary/aromatic N) is 2. The third-order valence-corrected chi connectivity index (χ3v) is 5.40. The van der Waals surface area contributed by atoms with Gasteiger partial charge in [-0.3, -0.25) is 14.4 Å². The zero-order valence-corrected chi connectivity index (χ0v) is 16.8. The quantitative estimate of drug-likeness (QED) is 0.618. The lowest BCUT2D eigenvalue weighted by atomic mass is 10.1. The molecule has 0 atom stereocenters. The highest BCUT2D eigenvalue weighted by molar-refractivity contribution is 7.16. The maximum atomic E-state index is 12.6. The fraction of sp³-hybridized carbons (Fsp3) is 0.200. The molecule has 0 aliphatic heterocycles. The predicted octanol–water partition coefficient (Wildman–Crippen LogP) is 2.35. The van der Waals surface area contributed by atoms with E-state index in [0.29, 0.717) is 10.8 Å². The van der Waals surface area contributed by atoms with Gasteiger partial charge in [0.2, 0.25) is 0 Å². The summed E-state index contributed by atoms with van der Waals surface area (Å²) in [7, 11) is 0. The minimum atomic E-state index is -0.613. The molecule has 2 amide bonds. The first-order valence-electron chi connectivity index (χ1n) is 8.84. The van der Waals surface area contributed by atoms with Crippen LogP contribution in [0.15, 0.2) is 47.3 Å². The van der Waals surface area contributed by atoms with Crippen molar-refractivity contribution in [2.75, 3.05) is 11.9 Å². The van der Waals surface area contributed by atoms with Crippen molar-refractivity contribution in [2.45, 2.75) is 20.4 Å². The van der Waals surface area contributed by atoms with Crippen molar-refractivity contribution in [1.82, 2.24) is 9.78 Å². The Kier molecular flexibility index (Phi) is 6.08. The number of anilines is 1. The minimum Gasteiger partial charge on any atom is -0.492 e. The van der Waals surface area contributed by atoms with Gasteiger partial charge >= 0.3 is 0 Å². The summed E-state index contributed by atoms with van der Waals surface area (Å²) in [6, 6.07) is 11.8. The summed E-state index contributed by atoms with van der Waals surface area (Å²) in [5.74, 6) is -0.471. The molecule has 3 rings (SSSR count). The highest BCUT2D eigenvalue weighted by atomic mass is 32.1. The van der Waals surface area contributed by atoms with Crippen molar-refractivity contribution in [3.05, 3.63) is 74.5 Å². The summed E-state index contributed by atoms with van der Waals surface area (Å²) in [6.45, 7) is 4.01. The summed E-state index contributed by atoms with van der Waals surface area (Å²) in [4.78, 5) is 37.2. The van der Waals surface area contributed by atoms with Gasteiger partial charge in [-0.25, -0.2) is 4.68 Å². The second-order valence-corrected chi connectivity index (χ2v) is 7.47. The Bertz CT molecular complexity index is 1110. The Morgan fingerprint density at radius 2 is 1.90 bits per heavy atom. The van der Waals surface area contributed by atoms with Gasteiger partial charge in [0.1, 0.15) is 23.1 Å². The molecule has 0 radical (unpaired) electrons. The van der Waals surface area contributed by atoms with Crippen LogP contribution in [0.5, 0.6) is 5.75 Å². The molecule has 2 aromatic heterocycles. The first kappa shape index (κ1) is 20.3. The van der Waals surface area contributed by atoms with Gasteiger partial charge in [-0.1, -0.05) is 18.2 Å². The number of nitrogens with one attached hydrogen (secondary N) is 1. The number of hydrogen-bond donors (Lipinski definition) is 2. The number of para-hydroxylation sites is 1. The largest absolute Gasteiger partial charge is 0.492 e. The molecule has 0 saturated heterocycles. The number of nitrogens with two attached hydrogens (primary N) is 1. The number of benzene rings is 1. The number of carbonyl (C=O) groups excluding carboxylic acids is 2. The molecule has 3 aromatic rings. The first-order chi connectivity index (χ1) is 13.9. The molecule has 0 spiro atoms. The third-order valence-electron chi connectivity index (χ3n) is 4.27. The number of amides is 2. The Morgan fingerprint density at radius 3 is 2.59 bits per heavy atom. The van der Waals surface area contributed by atoms with Gasteiger partial charge in [0.25, 0.3) is 17.4 Å². The van der Waals surface area contributed by atoms with Crippen LogP contribution in [0.1, 0.15) is 31.3 Å². The van der Waals surface area contributed by atoms with Crippen LogP contribution in [-0.4, -0.2) is 28.2 Å². The van der Waals surface area contributed by atoms with Crippen molar-refractivity contribution in [3.8, 4) is 5.75 Å². The Labute approximate surface area is 170 Å². The topological polar surface area (TPSA) is 116 Å². The third kappa shape index (κ3) is 4.69. The molecule has 29 heavy (non-hydrogen) atoms. The second-order valence-electron chi connectivity index (χ2n) is 6.25. The van der Waals surface area contributed by atoms with Gasteiger partial charge in [0, 0.05) is 10.9 Å². The van der Waals surface area contributed by atoms with E-state index in [1.54, 1.807) is 19.1 Å². The van der Waals surface area contributed by atoms with Crippen molar-refractivity contribution < 1.29 is 14.3 Å². The molecule has 0 bridgehead atoms. The average Bonchev–Trinajstić information content (AvgIpc) is 2.97. The maximum absolute atomic E-state index is 12.6. The Hall–Kier alpha value is -3.46. The van der Waals surface area contributed by atoms with E-state index in [1.807, 2.05) is 25.1 Å². The van der Waals surface area contributed by atoms with E-state index in [2.05, 4.69) is 10.4 Å². The fourth-order valence-electron chi connectivity index (χ4n) is 2.68. The zero-order valence-electron chi connectivity index (χ0n) is 16.0. The molecule has 2 heterocycles. The van der Waals surface area contributed by atoms with E-state index in [9.17, 15) is 14.4 Å². The van der Waals surface area contributed by atoms with E-state index in [0.717, 1.165) is 15.1 Å². The standard InChI is InChI=1S/C20H20N4O4S/c1-12-13(2)29-20(17(12)18(21)26)22-19(27)15-8-9-16(25)24(23-15)10-11-28-14-6-4-3-5-7-14/h3-9H,10-11H2,1-2H3,(H2,21,26)(H,22,27). The van der Waals surface area contributed by atoms with Gasteiger partial charge in [-0.15, -0.1) is 11.3 Å². The molecule has 1 aromatic carbocycles. The highest BCUT2D eigenvalue weighted by Gasteiger charge is 2.20. The molecule has 0 fully saturated rings. The number of primary amides is 1. The number of carbonyl (C=O) groups is 2. The van der Waals surface area contributed by atoms with Crippen molar-refractivity contribution in [1.29, 1.82) is 0 Å². The van der Waals surface area contributed by atoms with Crippen LogP contribution >= 0.6 is 11.3 Å². The van der Waals surface area contributed by atoms with Crippen LogP contribution in [0.2, 0.25) is 0 Å². The van der Waals surface area contributed by atoms with E-state index < -0.39 is 11.8 Å². The molecule has 0 aliphatic carbocycles. The normalized spacial score (nSPS) is 10.6. The van der Waals surface area contributed by atoms with E-state index in [1.165, 1.54) is 23.5 Å². The Morgan fingerprint density at radius 1 is 1.17 bits per heavy atom. The van der Waals surface area contributed by atoms with Crippen molar-refractivity contribution in [3.63, 3.8) is 0 Å². The van der Waals surface area contributed by atoms with Gasteiger partial charge in [0.15, 0.2) is 0 Å². The van der Waals surface area contributed by atoms with Gasteiger partial charge in [-0.05, 0) is 37.6 Å². The van der Waals surface area contributed by atoms with Crippen LogP contribution in [0.3, 0.4) is 0 Å². The molecule has 0 unspecified atom stereocenters. The zero-order chi connectivity index (χ0) is 21.0. The summed E-state index contributed by atoms with van der Waals surface area (Å²) >= 11 is 1.26. The summed E-state index contributed by atoms with van der Waals surface area (Å²) in [6.07, 6.45) is 0. The van der Waals surface area contributed by atoms with E-state index in [4.69, 9.17) is 10.5 Å². The molecule has 8 nitrogen and oxygen atoms in total. The molecular weight excluding hydrogens is 392 g/mol. The maximum Gasteiger partial charge on any atom is 0.276 e. The molecule has 0 aliphatic rings. The summed E-state index contributed by atoms with van der Waals surface area (Å²) < 4.78 is 6.73. The number of rotatable bonds is 7. The predicted molar refractivity (Wildman–Crippen MR) is 111 cm³/mol. The molecule has 150 valence electrons. The Balaban J connectivity index is 1.73. The average molecular weight is 412 g/mol. The summed E-state index contributed by atoms with van der Waals surface area (Å²) in [5, 5.41) is 7.14. The van der Waals surface area contributed by atoms with Gasteiger partial charge in [-0.2, -0.15) is 5.10 Å². The van der Waals surface area contributed by atoms with E-state index in [-0.39, 0.29) is 30.0 Å². The van der Waals surface area contributed by atoms with Crippen LogP contribution in [-0.2, 0) is 6.54 Å². The van der Waals surface area contributed by atoms with Crippen molar-refractivity contribution >= 4 is 28.2 Å². The number of ether oxygens (including phenoxy) is 1. The smallest absolute Gasteiger partial charge is 0.276 e.